The number of hydrogen-bond donors (Lipinski definition) is 4. The van der Waals surface area contributed by atoms with Crippen LogP contribution < -0.4 is 10.6 Å². The molecule has 0 radical (unpaired) electrons. The molecule has 1 fully saturated rings. The predicted molar refractivity (Wildman–Crippen MR) is 232 cm³/mol. The number of methoxy groups -OCH3 is 2. The van der Waals surface area contributed by atoms with Gasteiger partial charge in [0.1, 0.15) is 23.7 Å². The first-order valence-electron chi connectivity index (χ1n) is 20.3. The second-order valence-electron chi connectivity index (χ2n) is 17.4. The lowest BCUT2D eigenvalue weighted by Crippen LogP contribution is -2.53. The van der Waals surface area contributed by atoms with E-state index in [4.69, 9.17) is 19.4 Å². The summed E-state index contributed by atoms with van der Waals surface area (Å²) in [6, 6.07) is 17.4. The molecule has 0 bridgehead atoms. The Morgan fingerprint density at radius 3 is 2.03 bits per heavy atom. The maximum atomic E-state index is 13.9. The highest BCUT2D eigenvalue weighted by Gasteiger charge is 2.46. The Morgan fingerprint density at radius 2 is 1.42 bits per heavy atom. The molecule has 3 aromatic carbocycles. The normalized spacial score (nSPS) is 16.7. The maximum Gasteiger partial charge on any atom is 0.407 e. The van der Waals surface area contributed by atoms with Crippen LogP contribution in [0.25, 0.3) is 44.2 Å². The molecule has 6 rings (SSSR count). The van der Waals surface area contributed by atoms with Crippen LogP contribution in [0.15, 0.2) is 60.8 Å². The van der Waals surface area contributed by atoms with Crippen LogP contribution in [0.4, 0.5) is 9.59 Å². The molecule has 15 heteroatoms. The molecular weight excluding hydrogens is 765 g/mol. The predicted octanol–water partition coefficient (Wildman–Crippen LogP) is 7.96. The molecule has 4 N–H and O–H groups in total. The number of benzene rings is 3. The molecule has 1 aliphatic heterocycles. The Hall–Kier alpha value is -5.70. The minimum Gasteiger partial charge on any atom is -0.453 e. The number of aromatic amines is 2. The van der Waals surface area contributed by atoms with E-state index in [0.717, 1.165) is 56.1 Å². The summed E-state index contributed by atoms with van der Waals surface area (Å²) in [5, 5.41) is 7.47. The fourth-order valence-electron chi connectivity index (χ4n) is 8.20. The van der Waals surface area contributed by atoms with Crippen molar-refractivity contribution in [2.75, 3.05) is 20.4 Å². The van der Waals surface area contributed by atoms with Gasteiger partial charge in [0.15, 0.2) is 0 Å². The fraction of sp³-hybridized carbons (Fsp3) is 0.455. The molecule has 4 atom stereocenters. The van der Waals surface area contributed by atoms with Gasteiger partial charge in [-0.05, 0) is 72.9 Å². The van der Waals surface area contributed by atoms with Crippen molar-refractivity contribution < 1.29 is 28.7 Å². The molecule has 3 unspecified atom stereocenters. The quantitative estimate of drug-likeness (QED) is 0.0917. The number of carbonyl (C=O) groups is 4. The van der Waals surface area contributed by atoms with Gasteiger partial charge in [-0.15, -0.1) is 0 Å². The van der Waals surface area contributed by atoms with Gasteiger partial charge in [-0.25, -0.2) is 19.6 Å². The molecule has 1 saturated heterocycles. The van der Waals surface area contributed by atoms with E-state index in [1.165, 1.54) is 14.2 Å². The van der Waals surface area contributed by atoms with Crippen molar-refractivity contribution in [2.45, 2.75) is 97.8 Å². The van der Waals surface area contributed by atoms with Crippen LogP contribution in [0.1, 0.15) is 72.2 Å². The van der Waals surface area contributed by atoms with Gasteiger partial charge in [0.25, 0.3) is 0 Å². The van der Waals surface area contributed by atoms with E-state index >= 15 is 0 Å². The molecule has 4 amide bonds. The monoisotopic (exact) mass is 822 g/mol. The van der Waals surface area contributed by atoms with Crippen molar-refractivity contribution in [3.63, 3.8) is 0 Å². The van der Waals surface area contributed by atoms with Gasteiger partial charge in [-0.3, -0.25) is 9.59 Å². The SMILES string of the molecule is COC(=O)NC(C(=O)N1C[Si](C)(C)CC1c1ncc(-c2ccc(-c3ccc4c(ccc5[nH]c([C@H](C)N(C(=O)C(NC(=O)OC)C(C)C)C(C)C)nc54)c3)cc2)[nH]1)C(C)C. The van der Waals surface area contributed by atoms with Crippen LogP contribution in [0.3, 0.4) is 0 Å². The van der Waals surface area contributed by atoms with Crippen molar-refractivity contribution in [2.24, 2.45) is 11.8 Å². The van der Waals surface area contributed by atoms with Gasteiger partial charge in [0.2, 0.25) is 11.8 Å². The van der Waals surface area contributed by atoms with E-state index < -0.39 is 38.4 Å². The molecule has 2 aromatic heterocycles. The summed E-state index contributed by atoms with van der Waals surface area (Å²) in [5.74, 6) is 0.811. The molecule has 0 spiro atoms. The number of nitrogens with one attached hydrogen (secondary N) is 4. The first-order valence-corrected chi connectivity index (χ1v) is 23.7. The molecule has 314 valence electrons. The summed E-state index contributed by atoms with van der Waals surface area (Å²) in [4.78, 5) is 72.4. The number of nitrogens with zero attached hydrogens (tertiary/aromatic N) is 4. The topological polar surface area (TPSA) is 175 Å². The molecule has 1 aliphatic rings. The van der Waals surface area contributed by atoms with Gasteiger partial charge in [-0.2, -0.15) is 0 Å². The lowest BCUT2D eigenvalue weighted by Gasteiger charge is -2.36. The summed E-state index contributed by atoms with van der Waals surface area (Å²) in [6.45, 7) is 18.0. The summed E-state index contributed by atoms with van der Waals surface area (Å²) in [7, 11) is 0.828. The van der Waals surface area contributed by atoms with Crippen LogP contribution in [0.5, 0.6) is 0 Å². The summed E-state index contributed by atoms with van der Waals surface area (Å²) in [5.41, 5.74) is 5.63. The zero-order valence-corrected chi connectivity index (χ0v) is 37.0. The van der Waals surface area contributed by atoms with Crippen molar-refractivity contribution in [1.82, 2.24) is 40.4 Å². The standard InChI is InChI=1S/C44H58N8O6Si/c1-24(2)36(49-43(55)57-8)41(53)51-23-59(10,11)22-35(51)40-45-21-34(47-40)29-14-12-28(13-15-29)30-16-18-32-31(20-30)17-19-33-38(32)48-39(46-33)27(7)52(26(5)6)42(54)37(25(3)4)50-44(56)58-9/h12-21,24-27,35-37H,22-23H2,1-11H3,(H,45,47)(H,46,48)(H,49,55)(H,50,56)/t27-,35?,36?,37?/m0/s1. The minimum atomic E-state index is -1.75. The van der Waals surface area contributed by atoms with Crippen LogP contribution >= 0.6 is 0 Å². The van der Waals surface area contributed by atoms with Crippen LogP contribution in [-0.4, -0.2) is 100 Å². The number of hydrogen-bond acceptors (Lipinski definition) is 8. The Balaban J connectivity index is 1.21. The minimum absolute atomic E-state index is 0.114. The zero-order valence-electron chi connectivity index (χ0n) is 36.0. The highest BCUT2D eigenvalue weighted by Crippen LogP contribution is 2.38. The van der Waals surface area contributed by atoms with Gasteiger partial charge < -0.3 is 39.9 Å². The van der Waals surface area contributed by atoms with Gasteiger partial charge in [-0.1, -0.05) is 83.3 Å². The average Bonchev–Trinajstić information content (AvgIpc) is 3.95. The van der Waals surface area contributed by atoms with Crippen LogP contribution in [-0.2, 0) is 19.1 Å². The number of rotatable bonds is 12. The summed E-state index contributed by atoms with van der Waals surface area (Å²) < 4.78 is 9.61. The van der Waals surface area contributed by atoms with E-state index in [1.54, 1.807) is 4.90 Å². The van der Waals surface area contributed by atoms with E-state index in [2.05, 4.69) is 82.2 Å². The third kappa shape index (κ3) is 8.99. The maximum absolute atomic E-state index is 13.9. The Labute approximate surface area is 346 Å². The molecule has 3 heterocycles. The largest absolute Gasteiger partial charge is 0.453 e. The summed E-state index contributed by atoms with van der Waals surface area (Å²) in [6.07, 6.45) is 1.24. The third-order valence-corrected chi connectivity index (χ3v) is 14.0. The summed E-state index contributed by atoms with van der Waals surface area (Å²) >= 11 is 0. The zero-order chi connectivity index (χ0) is 42.9. The number of alkyl carbamates (subject to hydrolysis) is 2. The molecule has 0 saturated carbocycles. The molecule has 0 aliphatic carbocycles. The lowest BCUT2D eigenvalue weighted by molar-refractivity contribution is -0.139. The van der Waals surface area contributed by atoms with E-state index in [0.29, 0.717) is 12.0 Å². The van der Waals surface area contributed by atoms with Crippen molar-refractivity contribution in [1.29, 1.82) is 0 Å². The Kier molecular flexibility index (Phi) is 12.5. The smallest absolute Gasteiger partial charge is 0.407 e. The number of aromatic nitrogens is 4. The van der Waals surface area contributed by atoms with Gasteiger partial charge >= 0.3 is 12.2 Å². The Morgan fingerprint density at radius 1 is 0.814 bits per heavy atom. The second kappa shape index (κ2) is 17.3. The lowest BCUT2D eigenvalue weighted by atomic mass is 9.99. The highest BCUT2D eigenvalue weighted by molar-refractivity contribution is 6.78. The number of H-pyrrole nitrogens is 2. The number of fused-ring (bicyclic) bond motifs is 3. The molecule has 59 heavy (non-hydrogen) atoms. The number of imidazole rings is 2. The Bertz CT molecular complexity index is 2330. The van der Waals surface area contributed by atoms with E-state index in [9.17, 15) is 19.2 Å². The second-order valence-corrected chi connectivity index (χ2v) is 22.4. The first kappa shape index (κ1) is 42.9. The van der Waals surface area contributed by atoms with Crippen molar-refractivity contribution in [3.8, 4) is 22.4 Å². The van der Waals surface area contributed by atoms with E-state index in [-0.39, 0.29) is 35.7 Å². The van der Waals surface area contributed by atoms with Crippen LogP contribution in [0.2, 0.25) is 19.1 Å². The van der Waals surface area contributed by atoms with Crippen LogP contribution in [0, 0.1) is 11.8 Å². The highest BCUT2D eigenvalue weighted by atomic mass is 28.3. The first-order chi connectivity index (χ1) is 27.9. The molecule has 5 aromatic rings. The van der Waals surface area contributed by atoms with Gasteiger partial charge in [0, 0.05) is 17.6 Å². The molecular formula is C44H58N8O6Si. The van der Waals surface area contributed by atoms with Crippen molar-refractivity contribution in [3.05, 3.63) is 72.4 Å². The van der Waals surface area contributed by atoms with Gasteiger partial charge in [0.05, 0.1) is 57.3 Å². The third-order valence-electron chi connectivity index (χ3n) is 11.3. The number of amides is 4. The van der Waals surface area contributed by atoms with Crippen molar-refractivity contribution >= 4 is 53.9 Å². The number of carbonyl (C=O) groups excluding carboxylic acids is 4. The van der Waals surface area contributed by atoms with E-state index in [1.807, 2.05) is 65.6 Å². The number of ether oxygens (including phenoxy) is 2. The fourth-order valence-corrected chi connectivity index (χ4v) is 11.1. The average molecular weight is 823 g/mol. The molecule has 14 nitrogen and oxygen atoms in total.